The SMILES string of the molecule is OC(CNC1CCN(C2CCCCC2)CC1)COCC1CC1. The van der Waals surface area contributed by atoms with E-state index in [2.05, 4.69) is 10.2 Å². The first-order valence-electron chi connectivity index (χ1n) is 9.54. The third-order valence-corrected chi connectivity index (χ3v) is 5.62. The Morgan fingerprint density at radius 2 is 1.73 bits per heavy atom. The van der Waals surface area contributed by atoms with E-state index in [1.54, 1.807) is 0 Å². The topological polar surface area (TPSA) is 44.7 Å². The Kier molecular flexibility index (Phi) is 6.54. The number of rotatable bonds is 8. The molecular weight excluding hydrogens is 276 g/mol. The second kappa shape index (κ2) is 8.62. The molecule has 0 bridgehead atoms. The fourth-order valence-corrected chi connectivity index (χ4v) is 3.93. The van der Waals surface area contributed by atoms with Crippen molar-refractivity contribution in [2.75, 3.05) is 32.8 Å². The molecule has 0 amide bonds. The van der Waals surface area contributed by atoms with Crippen LogP contribution in [0, 0.1) is 5.92 Å². The second-order valence-corrected chi connectivity index (χ2v) is 7.64. The number of nitrogens with zero attached hydrogens (tertiary/aromatic N) is 1. The van der Waals surface area contributed by atoms with Crippen LogP contribution in [0.3, 0.4) is 0 Å². The highest BCUT2D eigenvalue weighted by molar-refractivity contribution is 4.83. The van der Waals surface area contributed by atoms with E-state index >= 15 is 0 Å². The molecule has 1 atom stereocenters. The van der Waals surface area contributed by atoms with E-state index in [0.29, 0.717) is 19.2 Å². The lowest BCUT2D eigenvalue weighted by Gasteiger charge is -2.39. The zero-order chi connectivity index (χ0) is 15.2. The highest BCUT2D eigenvalue weighted by Crippen LogP contribution is 2.28. The summed E-state index contributed by atoms with van der Waals surface area (Å²) in [5, 5.41) is 13.5. The molecule has 2 N–H and O–H groups in total. The van der Waals surface area contributed by atoms with Crippen molar-refractivity contribution in [1.29, 1.82) is 0 Å². The molecule has 4 nitrogen and oxygen atoms in total. The van der Waals surface area contributed by atoms with Gasteiger partial charge in [-0.2, -0.15) is 0 Å². The molecule has 0 aromatic heterocycles. The molecule has 3 rings (SSSR count). The van der Waals surface area contributed by atoms with E-state index in [-0.39, 0.29) is 6.10 Å². The van der Waals surface area contributed by atoms with E-state index in [1.165, 1.54) is 70.9 Å². The summed E-state index contributed by atoms with van der Waals surface area (Å²) >= 11 is 0. The second-order valence-electron chi connectivity index (χ2n) is 7.64. The van der Waals surface area contributed by atoms with Gasteiger partial charge in [0.2, 0.25) is 0 Å². The average Bonchev–Trinajstić information content (AvgIpc) is 3.39. The van der Waals surface area contributed by atoms with Gasteiger partial charge in [0.05, 0.1) is 12.7 Å². The summed E-state index contributed by atoms with van der Waals surface area (Å²) < 4.78 is 5.56. The van der Waals surface area contributed by atoms with Gasteiger partial charge in [-0.3, -0.25) is 0 Å². The fraction of sp³-hybridized carbons (Fsp3) is 1.00. The van der Waals surface area contributed by atoms with Gasteiger partial charge in [0.15, 0.2) is 0 Å². The molecule has 1 unspecified atom stereocenters. The number of ether oxygens (including phenoxy) is 1. The van der Waals surface area contributed by atoms with E-state index in [4.69, 9.17) is 4.74 Å². The van der Waals surface area contributed by atoms with Crippen LogP contribution in [0.1, 0.15) is 57.8 Å². The minimum Gasteiger partial charge on any atom is -0.389 e. The largest absolute Gasteiger partial charge is 0.389 e. The number of aliphatic hydroxyl groups is 1. The quantitative estimate of drug-likeness (QED) is 0.721. The molecule has 0 aromatic carbocycles. The van der Waals surface area contributed by atoms with Gasteiger partial charge in [0.1, 0.15) is 0 Å². The Labute approximate surface area is 135 Å². The summed E-state index contributed by atoms with van der Waals surface area (Å²) in [5.74, 6) is 0.782. The molecule has 0 radical (unpaired) electrons. The molecule has 22 heavy (non-hydrogen) atoms. The highest BCUT2D eigenvalue weighted by atomic mass is 16.5. The van der Waals surface area contributed by atoms with Crippen LogP contribution in [0.4, 0.5) is 0 Å². The van der Waals surface area contributed by atoms with Crippen molar-refractivity contribution in [2.45, 2.75) is 76.0 Å². The molecule has 4 heteroatoms. The van der Waals surface area contributed by atoms with Crippen LogP contribution in [0.25, 0.3) is 0 Å². The molecule has 3 aliphatic rings. The Bertz CT molecular complexity index is 308. The third-order valence-electron chi connectivity index (χ3n) is 5.62. The molecular formula is C18H34N2O2. The van der Waals surface area contributed by atoms with Crippen molar-refractivity contribution >= 4 is 0 Å². The summed E-state index contributed by atoms with van der Waals surface area (Å²) in [6, 6.07) is 1.44. The number of hydrogen-bond acceptors (Lipinski definition) is 4. The number of piperidine rings is 1. The number of nitrogens with one attached hydrogen (secondary N) is 1. The predicted molar refractivity (Wildman–Crippen MR) is 89.0 cm³/mol. The summed E-state index contributed by atoms with van der Waals surface area (Å²) in [4.78, 5) is 2.71. The molecule has 2 aliphatic carbocycles. The van der Waals surface area contributed by atoms with E-state index in [1.807, 2.05) is 0 Å². The van der Waals surface area contributed by atoms with Gasteiger partial charge in [-0.1, -0.05) is 19.3 Å². The molecule has 1 aliphatic heterocycles. The predicted octanol–water partition coefficient (Wildman–Crippen LogP) is 2.16. The van der Waals surface area contributed by atoms with Gasteiger partial charge >= 0.3 is 0 Å². The molecule has 2 saturated carbocycles. The molecule has 1 saturated heterocycles. The van der Waals surface area contributed by atoms with E-state index in [0.717, 1.165) is 18.6 Å². The first-order valence-corrected chi connectivity index (χ1v) is 9.54. The number of likely N-dealkylation sites (tertiary alicyclic amines) is 1. The van der Waals surface area contributed by atoms with Crippen molar-refractivity contribution in [3.8, 4) is 0 Å². The molecule has 0 spiro atoms. The lowest BCUT2D eigenvalue weighted by Crippen LogP contribution is -2.48. The van der Waals surface area contributed by atoms with E-state index < -0.39 is 0 Å². The zero-order valence-electron chi connectivity index (χ0n) is 14.0. The Morgan fingerprint density at radius 1 is 1.00 bits per heavy atom. The molecule has 0 aromatic rings. The van der Waals surface area contributed by atoms with Crippen molar-refractivity contribution in [3.05, 3.63) is 0 Å². The summed E-state index contributed by atoms with van der Waals surface area (Å²) in [5.41, 5.74) is 0. The maximum absolute atomic E-state index is 9.97. The third kappa shape index (κ3) is 5.48. The maximum atomic E-state index is 9.97. The normalized spacial score (nSPS) is 27.1. The first-order chi connectivity index (χ1) is 10.8. The van der Waals surface area contributed by atoms with Gasteiger partial charge in [-0.05, 0) is 57.5 Å². The monoisotopic (exact) mass is 310 g/mol. The van der Waals surface area contributed by atoms with Crippen molar-refractivity contribution in [1.82, 2.24) is 10.2 Å². The first kappa shape index (κ1) is 16.7. The Morgan fingerprint density at radius 3 is 2.41 bits per heavy atom. The lowest BCUT2D eigenvalue weighted by molar-refractivity contribution is 0.0291. The van der Waals surface area contributed by atoms with Crippen LogP contribution in [-0.4, -0.2) is 61.0 Å². The average molecular weight is 310 g/mol. The smallest absolute Gasteiger partial charge is 0.0897 e. The van der Waals surface area contributed by atoms with Crippen LogP contribution in [0.5, 0.6) is 0 Å². The maximum Gasteiger partial charge on any atom is 0.0897 e. The van der Waals surface area contributed by atoms with Crippen LogP contribution in [0.2, 0.25) is 0 Å². The van der Waals surface area contributed by atoms with Crippen molar-refractivity contribution in [2.24, 2.45) is 5.92 Å². The standard InChI is InChI=1S/C18H34N2O2/c21-18(14-22-13-15-6-7-15)12-19-16-8-10-20(11-9-16)17-4-2-1-3-5-17/h15-19,21H,1-14H2. The summed E-state index contributed by atoms with van der Waals surface area (Å²) in [6.07, 6.45) is 11.8. The van der Waals surface area contributed by atoms with Crippen LogP contribution < -0.4 is 5.32 Å². The number of hydrogen-bond donors (Lipinski definition) is 2. The van der Waals surface area contributed by atoms with Crippen LogP contribution in [-0.2, 0) is 4.74 Å². The Balaban J connectivity index is 1.25. The van der Waals surface area contributed by atoms with Gasteiger partial charge in [0, 0.05) is 25.2 Å². The number of aliphatic hydroxyl groups excluding tert-OH is 1. The van der Waals surface area contributed by atoms with Gasteiger partial charge < -0.3 is 20.1 Å². The lowest BCUT2D eigenvalue weighted by atomic mass is 9.92. The minimum atomic E-state index is -0.352. The van der Waals surface area contributed by atoms with E-state index in [9.17, 15) is 5.11 Å². The highest BCUT2D eigenvalue weighted by Gasteiger charge is 2.26. The Hall–Kier alpha value is -0.160. The van der Waals surface area contributed by atoms with Crippen LogP contribution >= 0.6 is 0 Å². The van der Waals surface area contributed by atoms with Gasteiger partial charge in [-0.25, -0.2) is 0 Å². The van der Waals surface area contributed by atoms with Crippen molar-refractivity contribution < 1.29 is 9.84 Å². The molecule has 1 heterocycles. The fourth-order valence-electron chi connectivity index (χ4n) is 3.93. The summed E-state index contributed by atoms with van der Waals surface area (Å²) in [7, 11) is 0. The summed E-state index contributed by atoms with van der Waals surface area (Å²) in [6.45, 7) is 4.48. The van der Waals surface area contributed by atoms with Gasteiger partial charge in [0.25, 0.3) is 0 Å². The van der Waals surface area contributed by atoms with Crippen molar-refractivity contribution in [3.63, 3.8) is 0 Å². The minimum absolute atomic E-state index is 0.352. The van der Waals surface area contributed by atoms with Gasteiger partial charge in [-0.15, -0.1) is 0 Å². The van der Waals surface area contributed by atoms with Crippen LogP contribution in [0.15, 0.2) is 0 Å². The zero-order valence-corrected chi connectivity index (χ0v) is 14.0. The molecule has 3 fully saturated rings. The molecule has 128 valence electrons.